The first-order valence-electron chi connectivity index (χ1n) is 5.13. The summed E-state index contributed by atoms with van der Waals surface area (Å²) in [5, 5.41) is 15.6. The van der Waals surface area contributed by atoms with Crippen molar-refractivity contribution in [1.82, 2.24) is 5.32 Å². The number of aryl methyl sites for hydroxylation is 1. The Hall–Kier alpha value is -0.870. The molecule has 15 heavy (non-hydrogen) atoms. The average molecular weight is 227 g/mol. The summed E-state index contributed by atoms with van der Waals surface area (Å²) in [6.45, 7) is 2.83. The number of nitrogens with one attached hydrogen (secondary N) is 1. The molecule has 0 saturated carbocycles. The summed E-state index contributed by atoms with van der Waals surface area (Å²) >= 11 is 1.65. The molecule has 84 valence electrons. The predicted molar refractivity (Wildman–Crippen MR) is 61.8 cm³/mol. The summed E-state index contributed by atoms with van der Waals surface area (Å²) in [6, 6.07) is 0. The van der Waals surface area contributed by atoms with E-state index < -0.39 is 0 Å². The van der Waals surface area contributed by atoms with Gasteiger partial charge in [-0.15, -0.1) is 0 Å². The van der Waals surface area contributed by atoms with Crippen LogP contribution in [-0.4, -0.2) is 17.6 Å². The fourth-order valence-electron chi connectivity index (χ4n) is 1.25. The van der Waals surface area contributed by atoms with Crippen molar-refractivity contribution < 1.29 is 9.90 Å². The second-order valence-corrected chi connectivity index (χ2v) is 4.28. The Morgan fingerprint density at radius 1 is 1.47 bits per heavy atom. The summed E-state index contributed by atoms with van der Waals surface area (Å²) in [4.78, 5) is 11.3. The minimum absolute atomic E-state index is 0.0639. The Morgan fingerprint density at radius 3 is 2.87 bits per heavy atom. The molecule has 0 aliphatic rings. The van der Waals surface area contributed by atoms with Gasteiger partial charge in [0.05, 0.1) is 0 Å². The number of carbonyl (C=O) groups excluding carboxylic acids is 1. The van der Waals surface area contributed by atoms with Crippen LogP contribution in [0.5, 0.6) is 0 Å². The highest BCUT2D eigenvalue weighted by atomic mass is 32.1. The molecule has 3 nitrogen and oxygen atoms in total. The van der Waals surface area contributed by atoms with Gasteiger partial charge in [-0.25, -0.2) is 0 Å². The molecular formula is C11H17NO2S. The second kappa shape index (κ2) is 6.58. The number of aliphatic hydroxyl groups is 1. The standard InChI is InChI=1S/C11H17NO2S/c1-9-7-15-8-10(9)6-12-11(14)4-2-3-5-13/h7-8,13H,2-6H2,1H3,(H,12,14). The summed E-state index contributed by atoms with van der Waals surface area (Å²) in [7, 11) is 0. The molecule has 1 aromatic rings. The van der Waals surface area contributed by atoms with Gasteiger partial charge in [-0.2, -0.15) is 11.3 Å². The van der Waals surface area contributed by atoms with E-state index in [1.807, 2.05) is 6.92 Å². The van der Waals surface area contributed by atoms with Crippen LogP contribution in [0, 0.1) is 6.92 Å². The van der Waals surface area contributed by atoms with Crippen LogP contribution in [0.25, 0.3) is 0 Å². The highest BCUT2D eigenvalue weighted by Crippen LogP contribution is 2.12. The van der Waals surface area contributed by atoms with Gasteiger partial charge in [-0.05, 0) is 41.7 Å². The molecule has 1 aromatic heterocycles. The molecule has 0 spiro atoms. The molecule has 0 fully saturated rings. The largest absolute Gasteiger partial charge is 0.396 e. The predicted octanol–water partition coefficient (Wildman–Crippen LogP) is 1.84. The van der Waals surface area contributed by atoms with Crippen LogP contribution in [0.3, 0.4) is 0 Å². The van der Waals surface area contributed by atoms with Gasteiger partial charge in [0, 0.05) is 19.6 Å². The fourth-order valence-corrected chi connectivity index (χ4v) is 2.10. The van der Waals surface area contributed by atoms with Crippen molar-refractivity contribution in [2.75, 3.05) is 6.61 Å². The minimum Gasteiger partial charge on any atom is -0.396 e. The van der Waals surface area contributed by atoms with Gasteiger partial charge in [-0.1, -0.05) is 0 Å². The van der Waals surface area contributed by atoms with E-state index in [-0.39, 0.29) is 12.5 Å². The third-order valence-corrected chi connectivity index (χ3v) is 3.16. The number of thiophene rings is 1. The first kappa shape index (κ1) is 12.2. The number of hydrogen-bond acceptors (Lipinski definition) is 3. The monoisotopic (exact) mass is 227 g/mol. The van der Waals surface area contributed by atoms with Crippen LogP contribution >= 0.6 is 11.3 Å². The normalized spacial score (nSPS) is 10.3. The van der Waals surface area contributed by atoms with Gasteiger partial charge in [0.25, 0.3) is 0 Å². The van der Waals surface area contributed by atoms with Crippen molar-refractivity contribution in [2.45, 2.75) is 32.7 Å². The highest BCUT2D eigenvalue weighted by molar-refractivity contribution is 7.08. The van der Waals surface area contributed by atoms with Crippen molar-refractivity contribution in [2.24, 2.45) is 0 Å². The Kier molecular flexibility index (Phi) is 5.36. The van der Waals surface area contributed by atoms with Crippen LogP contribution in [0.15, 0.2) is 10.8 Å². The summed E-state index contributed by atoms with van der Waals surface area (Å²) in [5.74, 6) is 0.0639. The molecule has 4 heteroatoms. The third kappa shape index (κ3) is 4.44. The zero-order chi connectivity index (χ0) is 11.1. The topological polar surface area (TPSA) is 49.3 Å². The molecule has 1 rings (SSSR count). The van der Waals surface area contributed by atoms with Gasteiger partial charge >= 0.3 is 0 Å². The molecule has 0 saturated heterocycles. The maximum atomic E-state index is 11.3. The van der Waals surface area contributed by atoms with E-state index in [1.54, 1.807) is 11.3 Å². The second-order valence-electron chi connectivity index (χ2n) is 3.54. The first-order valence-corrected chi connectivity index (χ1v) is 6.07. The molecule has 1 amide bonds. The van der Waals surface area contributed by atoms with Gasteiger partial charge in [-0.3, -0.25) is 4.79 Å². The van der Waals surface area contributed by atoms with E-state index in [4.69, 9.17) is 5.11 Å². The number of carbonyl (C=O) groups is 1. The van der Waals surface area contributed by atoms with Gasteiger partial charge in [0.2, 0.25) is 5.91 Å². The average Bonchev–Trinajstić information content (AvgIpc) is 2.61. The number of aliphatic hydroxyl groups excluding tert-OH is 1. The molecule has 1 heterocycles. The lowest BCUT2D eigenvalue weighted by molar-refractivity contribution is -0.121. The van der Waals surface area contributed by atoms with Crippen LogP contribution in [-0.2, 0) is 11.3 Å². The number of hydrogen-bond donors (Lipinski definition) is 2. The van der Waals surface area contributed by atoms with Crippen LogP contribution in [0.1, 0.15) is 30.4 Å². The maximum Gasteiger partial charge on any atom is 0.220 e. The van der Waals surface area contributed by atoms with Gasteiger partial charge < -0.3 is 10.4 Å². The van der Waals surface area contributed by atoms with Crippen molar-refractivity contribution in [3.63, 3.8) is 0 Å². The molecule has 0 atom stereocenters. The molecule has 0 aromatic carbocycles. The molecule has 0 aliphatic heterocycles. The lowest BCUT2D eigenvalue weighted by Crippen LogP contribution is -2.22. The van der Waals surface area contributed by atoms with Crippen LogP contribution < -0.4 is 5.32 Å². The molecule has 0 radical (unpaired) electrons. The molecule has 0 unspecified atom stereocenters. The first-order chi connectivity index (χ1) is 7.24. The smallest absolute Gasteiger partial charge is 0.220 e. The Bertz CT molecular complexity index is 309. The highest BCUT2D eigenvalue weighted by Gasteiger charge is 2.03. The zero-order valence-corrected chi connectivity index (χ0v) is 9.77. The van der Waals surface area contributed by atoms with E-state index in [0.29, 0.717) is 19.4 Å². The van der Waals surface area contributed by atoms with Crippen molar-refractivity contribution >= 4 is 17.2 Å². The molecule has 0 bridgehead atoms. The Labute approximate surface area is 94.1 Å². The van der Waals surface area contributed by atoms with Crippen LogP contribution in [0.4, 0.5) is 0 Å². The Balaban J connectivity index is 2.20. The number of amides is 1. The zero-order valence-electron chi connectivity index (χ0n) is 8.95. The van der Waals surface area contributed by atoms with Crippen LogP contribution in [0.2, 0.25) is 0 Å². The summed E-state index contributed by atoms with van der Waals surface area (Å²) in [6.07, 6.45) is 1.96. The van der Waals surface area contributed by atoms with E-state index in [1.165, 1.54) is 11.1 Å². The number of unbranched alkanes of at least 4 members (excludes halogenated alkanes) is 1. The lowest BCUT2D eigenvalue weighted by atomic mass is 10.2. The van der Waals surface area contributed by atoms with Crippen molar-refractivity contribution in [1.29, 1.82) is 0 Å². The van der Waals surface area contributed by atoms with Gasteiger partial charge in [0.15, 0.2) is 0 Å². The van der Waals surface area contributed by atoms with Gasteiger partial charge in [0.1, 0.15) is 0 Å². The molecule has 2 N–H and O–H groups in total. The third-order valence-electron chi connectivity index (χ3n) is 2.25. The van der Waals surface area contributed by atoms with Crippen molar-refractivity contribution in [3.8, 4) is 0 Å². The van der Waals surface area contributed by atoms with E-state index >= 15 is 0 Å². The SMILES string of the molecule is Cc1cscc1CNC(=O)CCCCO. The minimum atomic E-state index is 0.0639. The summed E-state index contributed by atoms with van der Waals surface area (Å²) in [5.41, 5.74) is 2.42. The summed E-state index contributed by atoms with van der Waals surface area (Å²) < 4.78 is 0. The van der Waals surface area contributed by atoms with Crippen molar-refractivity contribution in [3.05, 3.63) is 21.9 Å². The van der Waals surface area contributed by atoms with E-state index in [0.717, 1.165) is 6.42 Å². The van der Waals surface area contributed by atoms with E-state index in [9.17, 15) is 4.79 Å². The fraction of sp³-hybridized carbons (Fsp3) is 0.545. The Morgan fingerprint density at radius 2 is 2.27 bits per heavy atom. The maximum absolute atomic E-state index is 11.3. The lowest BCUT2D eigenvalue weighted by Gasteiger charge is -2.04. The van der Waals surface area contributed by atoms with E-state index in [2.05, 4.69) is 16.1 Å². The number of rotatable bonds is 6. The quantitative estimate of drug-likeness (QED) is 0.728. The molecular weight excluding hydrogens is 210 g/mol. The molecule has 0 aliphatic carbocycles.